The molecule has 2 atom stereocenters. The van der Waals surface area contributed by atoms with Crippen molar-refractivity contribution >= 4 is 33.3 Å². The molecule has 0 bridgehead atoms. The molecule has 0 N–H and O–H groups in total. The van der Waals surface area contributed by atoms with E-state index in [0.29, 0.717) is 0 Å². The average Bonchev–Trinajstić information content (AvgIpc) is 3.70. The first kappa shape index (κ1) is 37.0. The van der Waals surface area contributed by atoms with E-state index in [0.717, 1.165) is 50.5 Å². The molecule has 57 heavy (non-hydrogen) atoms. The maximum atomic E-state index is 5.78. The zero-order chi connectivity index (χ0) is 38.6. The SMILES string of the molecule is Cc1cc(C2=N[C@@H]3c4ccc(C)cc4-c4cc(C)ccc4[C@@H]3N2c2c(C)cc(C)cc2C)[c-]c(-n2c3[c-]c(-c4cc(C)ccn4)c(C)cc3c3ccccc32)c1.[Pt+2]. The number of pyridine rings is 1. The molecule has 0 saturated heterocycles. The molecule has 1 aliphatic carbocycles. The molecule has 0 fully saturated rings. The Balaban J connectivity index is 0.00000422. The number of aryl methyl sites for hydroxylation is 8. The van der Waals surface area contributed by atoms with Gasteiger partial charge in [-0.1, -0.05) is 114 Å². The molecule has 8 aromatic rings. The van der Waals surface area contributed by atoms with Crippen molar-refractivity contribution in [2.45, 2.75) is 67.5 Å². The van der Waals surface area contributed by atoms with Crippen molar-refractivity contribution in [1.29, 1.82) is 0 Å². The molecule has 1 aliphatic heterocycles. The van der Waals surface area contributed by atoms with Crippen LogP contribution in [0.25, 0.3) is 49.9 Å². The molecule has 3 heterocycles. The zero-order valence-corrected chi connectivity index (χ0v) is 35.9. The van der Waals surface area contributed by atoms with Crippen molar-refractivity contribution in [3.63, 3.8) is 0 Å². The van der Waals surface area contributed by atoms with Gasteiger partial charge in [0.05, 0.1) is 17.9 Å². The summed E-state index contributed by atoms with van der Waals surface area (Å²) in [4.78, 5) is 13.1. The Morgan fingerprint density at radius 3 is 1.98 bits per heavy atom. The van der Waals surface area contributed by atoms with E-state index in [1.807, 2.05) is 12.3 Å². The van der Waals surface area contributed by atoms with Gasteiger partial charge < -0.3 is 19.4 Å². The summed E-state index contributed by atoms with van der Waals surface area (Å²) in [5.41, 5.74) is 22.2. The van der Waals surface area contributed by atoms with E-state index in [4.69, 9.17) is 9.98 Å². The van der Waals surface area contributed by atoms with E-state index < -0.39 is 0 Å². The Morgan fingerprint density at radius 1 is 0.579 bits per heavy atom. The molecule has 4 nitrogen and oxygen atoms in total. The van der Waals surface area contributed by atoms with Crippen LogP contribution in [0.1, 0.15) is 73.3 Å². The van der Waals surface area contributed by atoms with Crippen LogP contribution >= 0.6 is 0 Å². The van der Waals surface area contributed by atoms with Crippen LogP contribution in [-0.4, -0.2) is 15.4 Å². The van der Waals surface area contributed by atoms with Crippen LogP contribution in [0.15, 0.2) is 114 Å². The van der Waals surface area contributed by atoms with Gasteiger partial charge in [-0.15, -0.1) is 52.6 Å². The fourth-order valence-corrected chi connectivity index (χ4v) is 9.57. The van der Waals surface area contributed by atoms with E-state index in [1.54, 1.807) is 0 Å². The normalized spacial score (nSPS) is 15.6. The van der Waals surface area contributed by atoms with Gasteiger partial charge in [0.1, 0.15) is 0 Å². The van der Waals surface area contributed by atoms with E-state index in [-0.39, 0.29) is 33.1 Å². The van der Waals surface area contributed by atoms with Gasteiger partial charge >= 0.3 is 21.1 Å². The monoisotopic (exact) mass is 919 g/mol. The van der Waals surface area contributed by atoms with Gasteiger partial charge in [-0.2, -0.15) is 0 Å². The number of para-hydroxylation sites is 1. The predicted molar refractivity (Wildman–Crippen MR) is 232 cm³/mol. The number of benzene rings is 6. The molecular weight excluding hydrogens is 876 g/mol. The molecule has 0 spiro atoms. The van der Waals surface area contributed by atoms with Crippen LogP contribution in [0.5, 0.6) is 0 Å². The van der Waals surface area contributed by atoms with Crippen molar-refractivity contribution in [3.8, 4) is 28.1 Å². The number of nitrogens with zero attached hydrogens (tertiary/aromatic N) is 4. The largest absolute Gasteiger partial charge is 2.00 e. The average molecular weight is 920 g/mol. The number of amidine groups is 1. The number of hydrogen-bond donors (Lipinski definition) is 0. The fraction of sp³-hybridized carbons (Fsp3) is 0.192. The second-order valence-electron chi connectivity index (χ2n) is 16.3. The third kappa shape index (κ3) is 5.91. The summed E-state index contributed by atoms with van der Waals surface area (Å²) in [6.07, 6.45) is 1.89. The van der Waals surface area contributed by atoms with Crippen LogP contribution in [-0.2, 0) is 21.1 Å². The van der Waals surface area contributed by atoms with Gasteiger partial charge in [-0.05, 0) is 109 Å². The van der Waals surface area contributed by atoms with Gasteiger partial charge in [0, 0.05) is 17.4 Å². The van der Waals surface area contributed by atoms with Gasteiger partial charge in [-0.25, -0.2) is 0 Å². The van der Waals surface area contributed by atoms with Gasteiger partial charge in [0.2, 0.25) is 0 Å². The summed E-state index contributed by atoms with van der Waals surface area (Å²) in [7, 11) is 0. The first-order valence-electron chi connectivity index (χ1n) is 19.6. The molecule has 282 valence electrons. The second kappa shape index (κ2) is 13.8. The van der Waals surface area contributed by atoms with Crippen LogP contribution in [0.3, 0.4) is 0 Å². The minimum atomic E-state index is -0.0813. The van der Waals surface area contributed by atoms with Gasteiger partial charge in [0.15, 0.2) is 0 Å². The number of aromatic nitrogens is 2. The van der Waals surface area contributed by atoms with Crippen molar-refractivity contribution in [2.75, 3.05) is 4.90 Å². The predicted octanol–water partition coefficient (Wildman–Crippen LogP) is 12.6. The van der Waals surface area contributed by atoms with E-state index in [9.17, 15) is 0 Å². The number of hydrogen-bond acceptors (Lipinski definition) is 3. The zero-order valence-electron chi connectivity index (χ0n) is 33.7. The molecule has 5 heteroatoms. The summed E-state index contributed by atoms with van der Waals surface area (Å²) < 4.78 is 2.34. The quantitative estimate of drug-likeness (QED) is 0.165. The first-order chi connectivity index (χ1) is 27.0. The Morgan fingerprint density at radius 2 is 1.25 bits per heavy atom. The minimum Gasteiger partial charge on any atom is -0.356 e. The van der Waals surface area contributed by atoms with Gasteiger partial charge in [0.25, 0.3) is 0 Å². The number of aliphatic imine (C=N–C) groups is 1. The summed E-state index contributed by atoms with van der Waals surface area (Å²) in [5.74, 6) is 0.949. The molecule has 2 aliphatic rings. The molecule has 0 amide bonds. The molecular formula is C52H44N4Pt. The standard InChI is InChI=1S/C52H44N4.Pt/c1-29-13-15-40-43(23-29)44-24-30(2)14-16-41(44)51-49(40)54-52(56(51)50-35(7)19-32(4)20-36(50)8)37-21-33(5)22-38(27-37)55-47-12-10-9-11-39(47)45-26-34(6)42(28-48(45)55)46-25-31(3)17-18-53-46;/h9-26,49,51H,1-8H3;/q-2;+2/t49-,51+;/m1./s1. The molecule has 0 saturated carbocycles. The minimum absolute atomic E-state index is 0. The smallest absolute Gasteiger partial charge is 0.356 e. The first-order valence-corrected chi connectivity index (χ1v) is 19.6. The number of rotatable bonds is 4. The van der Waals surface area contributed by atoms with Crippen LogP contribution in [0, 0.1) is 67.5 Å². The van der Waals surface area contributed by atoms with Gasteiger partial charge in [-0.3, -0.25) is 0 Å². The summed E-state index contributed by atoms with van der Waals surface area (Å²) in [5, 5.41) is 2.36. The molecule has 10 rings (SSSR count). The maximum absolute atomic E-state index is 5.78. The molecule has 0 unspecified atom stereocenters. The summed E-state index contributed by atoms with van der Waals surface area (Å²) >= 11 is 0. The molecule has 0 radical (unpaired) electrons. The maximum Gasteiger partial charge on any atom is 2.00 e. The Hall–Kier alpha value is -5.57. The van der Waals surface area contributed by atoms with Crippen molar-refractivity contribution < 1.29 is 21.1 Å². The van der Waals surface area contributed by atoms with E-state index in [1.165, 1.54) is 72.1 Å². The fourth-order valence-electron chi connectivity index (χ4n) is 9.57. The third-order valence-corrected chi connectivity index (χ3v) is 11.9. The van der Waals surface area contributed by atoms with E-state index in [2.05, 4.69) is 174 Å². The van der Waals surface area contributed by atoms with Crippen LogP contribution < -0.4 is 4.90 Å². The molecule has 2 aromatic heterocycles. The second-order valence-corrected chi connectivity index (χ2v) is 16.3. The van der Waals surface area contributed by atoms with Crippen molar-refractivity contribution in [1.82, 2.24) is 9.55 Å². The Kier molecular flexibility index (Phi) is 8.98. The summed E-state index contributed by atoms with van der Waals surface area (Å²) in [6.45, 7) is 17.5. The van der Waals surface area contributed by atoms with Crippen LogP contribution in [0.4, 0.5) is 5.69 Å². The Bertz CT molecular complexity index is 2960. The summed E-state index contributed by atoms with van der Waals surface area (Å²) in [6, 6.07) is 46.0. The number of fused-ring (bicyclic) bond motifs is 9. The Labute approximate surface area is 350 Å². The van der Waals surface area contributed by atoms with E-state index >= 15 is 0 Å². The number of anilines is 1. The topological polar surface area (TPSA) is 33.4 Å². The third-order valence-electron chi connectivity index (χ3n) is 11.9. The molecule has 6 aromatic carbocycles. The van der Waals surface area contributed by atoms with Crippen molar-refractivity contribution in [3.05, 3.63) is 183 Å². The van der Waals surface area contributed by atoms with Crippen LogP contribution in [0.2, 0.25) is 0 Å². The van der Waals surface area contributed by atoms with Crippen molar-refractivity contribution in [2.24, 2.45) is 4.99 Å².